The van der Waals surface area contributed by atoms with Gasteiger partial charge in [0.15, 0.2) is 0 Å². The van der Waals surface area contributed by atoms with Crippen LogP contribution in [0.2, 0.25) is 0 Å². The third-order valence-electron chi connectivity index (χ3n) is 5.30. The molecule has 0 radical (unpaired) electrons. The van der Waals surface area contributed by atoms with E-state index in [9.17, 15) is 4.21 Å². The number of rotatable bonds is 2. The van der Waals surface area contributed by atoms with Crippen LogP contribution in [-0.2, 0) is 11.0 Å². The number of fused-ring (bicyclic) bond motifs is 3. The van der Waals surface area contributed by atoms with Gasteiger partial charge in [-0.15, -0.1) is 11.3 Å². The Bertz CT molecular complexity index is 1070. The number of hydrogen-bond acceptors (Lipinski definition) is 5. The first kappa shape index (κ1) is 16.1. The molecule has 1 aromatic heterocycles. The second kappa shape index (κ2) is 5.96. The molecule has 0 aliphatic carbocycles. The van der Waals surface area contributed by atoms with E-state index in [1.807, 2.05) is 11.3 Å². The minimum absolute atomic E-state index is 0.148. The van der Waals surface area contributed by atoms with Crippen molar-refractivity contribution in [2.24, 2.45) is 10.7 Å². The van der Waals surface area contributed by atoms with Crippen molar-refractivity contribution in [3.05, 3.63) is 42.0 Å². The molecule has 5 rings (SSSR count). The van der Waals surface area contributed by atoms with Gasteiger partial charge in [0.1, 0.15) is 11.0 Å². The SMILES string of the molecule is CN1C(N)=NC(c2ccc3sc4ccc(N5CCC5)cc4c3c2)CS1=O. The van der Waals surface area contributed by atoms with Crippen molar-refractivity contribution in [1.29, 1.82) is 0 Å². The zero-order valence-corrected chi connectivity index (χ0v) is 16.1. The zero-order chi connectivity index (χ0) is 17.8. The van der Waals surface area contributed by atoms with E-state index in [1.165, 1.54) is 36.6 Å². The number of nitrogens with zero attached hydrogens (tertiary/aromatic N) is 3. The number of guanidine groups is 1. The Kier molecular flexibility index (Phi) is 3.68. The topological polar surface area (TPSA) is 61.9 Å². The Labute approximate surface area is 158 Å². The molecule has 0 bridgehead atoms. The molecular weight excluding hydrogens is 364 g/mol. The summed E-state index contributed by atoms with van der Waals surface area (Å²) in [5, 5.41) is 2.55. The summed E-state index contributed by atoms with van der Waals surface area (Å²) in [5.74, 6) is 0.819. The summed E-state index contributed by atoms with van der Waals surface area (Å²) in [4.78, 5) is 6.96. The Balaban J connectivity index is 1.61. The number of benzene rings is 2. The number of nitrogens with two attached hydrogens (primary N) is 1. The fourth-order valence-electron chi connectivity index (χ4n) is 3.56. The van der Waals surface area contributed by atoms with Crippen LogP contribution in [0.25, 0.3) is 20.2 Å². The second-order valence-corrected chi connectivity index (χ2v) is 9.48. The molecular formula is C19H20N4OS2. The van der Waals surface area contributed by atoms with E-state index in [-0.39, 0.29) is 6.04 Å². The predicted octanol–water partition coefficient (Wildman–Crippen LogP) is 3.23. The highest BCUT2D eigenvalue weighted by Crippen LogP contribution is 2.38. The molecule has 26 heavy (non-hydrogen) atoms. The van der Waals surface area contributed by atoms with E-state index in [2.05, 4.69) is 46.3 Å². The Morgan fingerprint density at radius 3 is 2.58 bits per heavy atom. The van der Waals surface area contributed by atoms with Gasteiger partial charge in [0, 0.05) is 46.0 Å². The van der Waals surface area contributed by atoms with Crippen LogP contribution < -0.4 is 10.6 Å². The van der Waals surface area contributed by atoms with E-state index >= 15 is 0 Å². The number of hydrogen-bond donors (Lipinski definition) is 1. The summed E-state index contributed by atoms with van der Waals surface area (Å²) in [5.41, 5.74) is 8.32. The molecule has 2 atom stereocenters. The van der Waals surface area contributed by atoms with Gasteiger partial charge in [-0.3, -0.25) is 4.31 Å². The molecule has 5 nitrogen and oxygen atoms in total. The molecule has 1 fully saturated rings. The second-order valence-electron chi connectivity index (χ2n) is 6.87. The minimum Gasteiger partial charge on any atom is -0.371 e. The van der Waals surface area contributed by atoms with E-state index in [4.69, 9.17) is 5.73 Å². The zero-order valence-electron chi connectivity index (χ0n) is 14.5. The molecule has 2 N–H and O–H groups in total. The molecule has 2 aliphatic rings. The molecule has 7 heteroatoms. The van der Waals surface area contributed by atoms with Gasteiger partial charge in [-0.1, -0.05) is 6.07 Å². The summed E-state index contributed by atoms with van der Waals surface area (Å²) < 4.78 is 16.4. The Hall–Kier alpha value is -2.12. The van der Waals surface area contributed by atoms with Crippen LogP contribution in [0.4, 0.5) is 5.69 Å². The van der Waals surface area contributed by atoms with Crippen molar-refractivity contribution in [2.75, 3.05) is 30.8 Å². The Morgan fingerprint density at radius 1 is 1.15 bits per heavy atom. The number of thiophene rings is 1. The lowest BCUT2D eigenvalue weighted by atomic mass is 10.0. The maximum Gasteiger partial charge on any atom is 0.203 e. The van der Waals surface area contributed by atoms with E-state index < -0.39 is 11.0 Å². The van der Waals surface area contributed by atoms with Crippen molar-refractivity contribution in [1.82, 2.24) is 4.31 Å². The van der Waals surface area contributed by atoms with Crippen molar-refractivity contribution >= 4 is 54.1 Å². The van der Waals surface area contributed by atoms with E-state index in [1.54, 1.807) is 7.05 Å². The third kappa shape index (κ3) is 2.49. The summed E-state index contributed by atoms with van der Waals surface area (Å²) in [6.45, 7) is 2.29. The van der Waals surface area contributed by atoms with Gasteiger partial charge in [0.25, 0.3) is 0 Å². The molecule has 2 unspecified atom stereocenters. The van der Waals surface area contributed by atoms with Crippen molar-refractivity contribution in [2.45, 2.75) is 12.5 Å². The van der Waals surface area contributed by atoms with Crippen LogP contribution in [0.1, 0.15) is 18.0 Å². The first-order chi connectivity index (χ1) is 12.6. The predicted molar refractivity (Wildman–Crippen MR) is 111 cm³/mol. The lowest BCUT2D eigenvalue weighted by Gasteiger charge is -2.33. The van der Waals surface area contributed by atoms with Crippen LogP contribution in [0.5, 0.6) is 0 Å². The van der Waals surface area contributed by atoms with Gasteiger partial charge in [0.2, 0.25) is 5.96 Å². The van der Waals surface area contributed by atoms with Gasteiger partial charge < -0.3 is 10.6 Å². The van der Waals surface area contributed by atoms with Crippen molar-refractivity contribution in [3.63, 3.8) is 0 Å². The monoisotopic (exact) mass is 384 g/mol. The van der Waals surface area contributed by atoms with Crippen LogP contribution in [-0.4, -0.2) is 40.4 Å². The summed E-state index contributed by atoms with van der Waals surface area (Å²) >= 11 is 1.82. The normalized spacial score (nSPS) is 23.3. The highest BCUT2D eigenvalue weighted by molar-refractivity contribution is 7.83. The lowest BCUT2D eigenvalue weighted by molar-refractivity contribution is 0.616. The number of anilines is 1. The first-order valence-corrected chi connectivity index (χ1v) is 10.9. The lowest BCUT2D eigenvalue weighted by Crippen LogP contribution is -2.41. The summed E-state index contributed by atoms with van der Waals surface area (Å²) in [6, 6.07) is 13.1. The molecule has 0 spiro atoms. The summed E-state index contributed by atoms with van der Waals surface area (Å²) in [6.07, 6.45) is 1.28. The van der Waals surface area contributed by atoms with E-state index in [0.717, 1.165) is 18.7 Å². The Morgan fingerprint density at radius 2 is 1.88 bits per heavy atom. The molecule has 1 saturated heterocycles. The fraction of sp³-hybridized carbons (Fsp3) is 0.316. The van der Waals surface area contributed by atoms with Crippen LogP contribution in [0.3, 0.4) is 0 Å². The maximum atomic E-state index is 12.2. The van der Waals surface area contributed by atoms with Crippen LogP contribution in [0.15, 0.2) is 41.4 Å². The van der Waals surface area contributed by atoms with Gasteiger partial charge in [-0.25, -0.2) is 9.20 Å². The molecule has 2 aliphatic heterocycles. The molecule has 3 aromatic rings. The minimum atomic E-state index is -1.13. The summed E-state index contributed by atoms with van der Waals surface area (Å²) in [7, 11) is 0.593. The van der Waals surface area contributed by atoms with Gasteiger partial charge in [-0.05, 0) is 42.3 Å². The largest absolute Gasteiger partial charge is 0.371 e. The first-order valence-electron chi connectivity index (χ1n) is 8.77. The average molecular weight is 385 g/mol. The fourth-order valence-corrected chi connectivity index (χ4v) is 5.64. The van der Waals surface area contributed by atoms with Crippen LogP contribution in [0, 0.1) is 0 Å². The standard InChI is InChI=1S/C19H20N4OS2/c1-22-19(20)21-16(11-26(22)24)12-3-5-17-14(9-12)15-10-13(23-7-2-8-23)4-6-18(15)25-17/h3-6,9-10,16H,2,7-8,11H2,1H3,(H2,20,21). The highest BCUT2D eigenvalue weighted by atomic mass is 32.2. The van der Waals surface area contributed by atoms with Crippen molar-refractivity contribution in [3.8, 4) is 0 Å². The molecule has 0 amide bonds. The smallest absolute Gasteiger partial charge is 0.203 e. The average Bonchev–Trinajstić information content (AvgIpc) is 2.95. The third-order valence-corrected chi connectivity index (χ3v) is 7.85. The van der Waals surface area contributed by atoms with Gasteiger partial charge >= 0.3 is 0 Å². The number of aliphatic imine (C=N–C) groups is 1. The molecule has 0 saturated carbocycles. The van der Waals surface area contributed by atoms with Gasteiger partial charge in [-0.2, -0.15) is 0 Å². The van der Waals surface area contributed by atoms with Gasteiger partial charge in [0.05, 0.1) is 11.8 Å². The maximum absolute atomic E-state index is 12.2. The molecule has 3 heterocycles. The molecule has 134 valence electrons. The van der Waals surface area contributed by atoms with Crippen molar-refractivity contribution < 1.29 is 4.21 Å². The highest BCUT2D eigenvalue weighted by Gasteiger charge is 2.25. The quantitative estimate of drug-likeness (QED) is 0.738. The van der Waals surface area contributed by atoms with E-state index in [0.29, 0.717) is 11.7 Å². The molecule has 2 aromatic carbocycles. The van der Waals surface area contributed by atoms with Crippen LogP contribution >= 0.6 is 11.3 Å².